The summed E-state index contributed by atoms with van der Waals surface area (Å²) in [5.74, 6) is -0.663. The molecule has 0 saturated heterocycles. The predicted octanol–water partition coefficient (Wildman–Crippen LogP) is 3.34. The lowest BCUT2D eigenvalue weighted by Gasteiger charge is -2.06. The molecule has 0 atom stereocenters. The third kappa shape index (κ3) is 1.95. The zero-order valence-corrected chi connectivity index (χ0v) is 11.0. The Bertz CT molecular complexity index is 730. The number of aryl methyl sites for hydroxylation is 1. The van der Waals surface area contributed by atoms with Crippen LogP contribution < -0.4 is 0 Å². The van der Waals surface area contributed by atoms with E-state index in [0.29, 0.717) is 16.8 Å². The second-order valence-electron chi connectivity index (χ2n) is 4.59. The molecule has 0 aromatic heterocycles. The summed E-state index contributed by atoms with van der Waals surface area (Å²) < 4.78 is 1.17. The van der Waals surface area contributed by atoms with E-state index in [0.717, 1.165) is 6.42 Å². The molecule has 2 aromatic rings. The number of fused-ring (bicyclic) bond motifs is 1. The minimum Gasteiger partial charge on any atom is -0.260 e. The summed E-state index contributed by atoms with van der Waals surface area (Å²) in [5.41, 5.74) is 2.53. The maximum Gasteiger partial charge on any atom is 0.451 e. The van der Waals surface area contributed by atoms with Crippen molar-refractivity contribution in [3.8, 4) is 0 Å². The molecule has 20 heavy (non-hydrogen) atoms. The van der Waals surface area contributed by atoms with Crippen molar-refractivity contribution in [3.63, 3.8) is 0 Å². The fraction of sp³-hybridized carbons (Fsp3) is 0.125. The summed E-state index contributed by atoms with van der Waals surface area (Å²) in [4.78, 5) is 24.4. The van der Waals surface area contributed by atoms with E-state index in [4.69, 9.17) is 0 Å². The van der Waals surface area contributed by atoms with Crippen molar-refractivity contribution in [2.24, 2.45) is 5.11 Å². The fourth-order valence-electron chi connectivity index (χ4n) is 2.21. The highest BCUT2D eigenvalue weighted by molar-refractivity contribution is 6.07. The van der Waals surface area contributed by atoms with Gasteiger partial charge in [0, 0.05) is 12.1 Å². The van der Waals surface area contributed by atoms with Crippen LogP contribution in [0, 0.1) is 0 Å². The van der Waals surface area contributed by atoms with Crippen molar-refractivity contribution in [1.29, 1.82) is 0 Å². The quantitative estimate of drug-likeness (QED) is 0.782. The van der Waals surface area contributed by atoms with Crippen molar-refractivity contribution < 1.29 is 14.3 Å². The van der Waals surface area contributed by atoms with Gasteiger partial charge in [0.25, 0.3) is 0 Å². The number of hydrogen-bond donors (Lipinski definition) is 0. The van der Waals surface area contributed by atoms with E-state index >= 15 is 0 Å². The Hall–Kier alpha value is -2.62. The Kier molecular flexibility index (Phi) is 2.99. The van der Waals surface area contributed by atoms with Crippen LogP contribution in [0.4, 0.5) is 5.69 Å². The molecule has 4 nitrogen and oxygen atoms in total. The molecular formula is C16H13N2O2+. The number of rotatable bonds is 2. The molecule has 1 aliphatic rings. The molecule has 1 heterocycles. The Morgan fingerprint density at radius 1 is 0.950 bits per heavy atom. The predicted molar refractivity (Wildman–Crippen MR) is 73.3 cm³/mol. The standard InChI is InChI=1S/C16H13N2O2/c1-2-11-7-9-12(10-8-11)18-16(20)14-6-4-3-5-13(14)15(19)17-18/h3-10H,2H2,1H3/q+1. The largest absolute Gasteiger partial charge is 0.451 e. The first-order valence-corrected chi connectivity index (χ1v) is 6.49. The second-order valence-corrected chi connectivity index (χ2v) is 4.59. The molecule has 3 rings (SSSR count). The lowest BCUT2D eigenvalue weighted by molar-refractivity contribution is -0.407. The molecule has 98 valence electrons. The van der Waals surface area contributed by atoms with Crippen LogP contribution in [0.3, 0.4) is 0 Å². The van der Waals surface area contributed by atoms with Gasteiger partial charge in [-0.3, -0.25) is 4.79 Å². The minimum absolute atomic E-state index is 0.274. The molecule has 0 aliphatic carbocycles. The molecule has 0 saturated carbocycles. The average molecular weight is 265 g/mol. The van der Waals surface area contributed by atoms with Crippen LogP contribution in [-0.4, -0.2) is 16.5 Å². The summed E-state index contributed by atoms with van der Waals surface area (Å²) in [5, 5.41) is 3.88. The molecule has 0 unspecified atom stereocenters. The number of nitrogens with zero attached hydrogens (tertiary/aromatic N) is 2. The smallest absolute Gasteiger partial charge is 0.260 e. The van der Waals surface area contributed by atoms with Gasteiger partial charge in [0.05, 0.1) is 10.7 Å². The highest BCUT2D eigenvalue weighted by Gasteiger charge is 2.35. The van der Waals surface area contributed by atoms with Gasteiger partial charge in [-0.15, -0.1) is 0 Å². The van der Waals surface area contributed by atoms with Crippen LogP contribution in [0.15, 0.2) is 53.6 Å². The van der Waals surface area contributed by atoms with Gasteiger partial charge < -0.3 is 0 Å². The van der Waals surface area contributed by atoms with Gasteiger partial charge in [-0.25, -0.2) is 4.79 Å². The van der Waals surface area contributed by atoms with Gasteiger partial charge in [-0.2, -0.15) is 0 Å². The third-order valence-electron chi connectivity index (χ3n) is 3.36. The van der Waals surface area contributed by atoms with Crippen LogP contribution in [0.1, 0.15) is 33.2 Å². The monoisotopic (exact) mass is 265 g/mol. The molecule has 0 spiro atoms. The van der Waals surface area contributed by atoms with E-state index in [1.54, 1.807) is 36.4 Å². The van der Waals surface area contributed by atoms with Crippen LogP contribution in [0.2, 0.25) is 0 Å². The van der Waals surface area contributed by atoms with Crippen molar-refractivity contribution in [2.45, 2.75) is 13.3 Å². The lowest BCUT2D eigenvalue weighted by atomic mass is 10.0. The van der Waals surface area contributed by atoms with E-state index < -0.39 is 0 Å². The highest BCUT2D eigenvalue weighted by Crippen LogP contribution is 2.23. The van der Waals surface area contributed by atoms with Crippen molar-refractivity contribution in [3.05, 3.63) is 65.2 Å². The van der Waals surface area contributed by atoms with Gasteiger partial charge in [0.1, 0.15) is 5.56 Å². The summed E-state index contributed by atoms with van der Waals surface area (Å²) >= 11 is 0. The molecular weight excluding hydrogens is 252 g/mol. The number of benzene rings is 2. The summed E-state index contributed by atoms with van der Waals surface area (Å²) in [6, 6.07) is 14.2. The molecule has 4 heteroatoms. The third-order valence-corrected chi connectivity index (χ3v) is 3.36. The van der Waals surface area contributed by atoms with E-state index in [-0.39, 0.29) is 11.8 Å². The summed E-state index contributed by atoms with van der Waals surface area (Å²) in [6.07, 6.45) is 0.924. The lowest BCUT2D eigenvalue weighted by Crippen LogP contribution is -2.24. The van der Waals surface area contributed by atoms with Gasteiger partial charge in [0.15, 0.2) is 0 Å². The normalized spacial score (nSPS) is 13.9. The zero-order valence-electron chi connectivity index (χ0n) is 11.0. The van der Waals surface area contributed by atoms with Crippen molar-refractivity contribution >= 4 is 17.5 Å². The van der Waals surface area contributed by atoms with Gasteiger partial charge >= 0.3 is 11.8 Å². The number of amides is 2. The van der Waals surface area contributed by atoms with E-state index in [2.05, 4.69) is 12.0 Å². The number of hydrogen-bond acceptors (Lipinski definition) is 2. The first-order valence-electron chi connectivity index (χ1n) is 6.49. The first kappa shape index (κ1) is 12.4. The Morgan fingerprint density at radius 3 is 2.25 bits per heavy atom. The number of carbonyl (C=O) groups is 2. The topological polar surface area (TPSA) is 49.5 Å². The summed E-state index contributed by atoms with van der Waals surface area (Å²) in [7, 11) is 0. The Labute approximate surface area is 116 Å². The van der Waals surface area contributed by atoms with Crippen LogP contribution in [0.5, 0.6) is 0 Å². The van der Waals surface area contributed by atoms with Crippen LogP contribution in [0.25, 0.3) is 0 Å². The molecule has 2 aromatic carbocycles. The molecule has 1 aliphatic heterocycles. The maximum atomic E-state index is 12.4. The van der Waals surface area contributed by atoms with Gasteiger partial charge in [-0.05, 0) is 28.8 Å². The zero-order chi connectivity index (χ0) is 14.1. The molecule has 2 amide bonds. The molecule has 0 fully saturated rings. The average Bonchev–Trinajstić information content (AvgIpc) is 2.51. The highest BCUT2D eigenvalue weighted by atomic mass is 16.2. The maximum absolute atomic E-state index is 12.4. The van der Waals surface area contributed by atoms with Gasteiger partial charge in [-0.1, -0.05) is 31.2 Å². The molecule has 0 N–H and O–H groups in total. The van der Waals surface area contributed by atoms with Gasteiger partial charge in [0.2, 0.25) is 5.69 Å². The van der Waals surface area contributed by atoms with E-state index in [9.17, 15) is 9.59 Å². The minimum atomic E-state index is -0.389. The Balaban J connectivity index is 2.07. The fourth-order valence-corrected chi connectivity index (χ4v) is 2.21. The van der Waals surface area contributed by atoms with Crippen molar-refractivity contribution in [1.82, 2.24) is 0 Å². The van der Waals surface area contributed by atoms with Crippen LogP contribution >= 0.6 is 0 Å². The first-order chi connectivity index (χ1) is 9.70. The van der Waals surface area contributed by atoms with Crippen molar-refractivity contribution in [2.75, 3.05) is 0 Å². The Morgan fingerprint density at radius 2 is 1.60 bits per heavy atom. The number of azo groups is 2. The second kappa shape index (κ2) is 4.81. The number of carbonyl (C=O) groups excluding carboxylic acids is 2. The van der Waals surface area contributed by atoms with Crippen LogP contribution in [-0.2, 0) is 6.42 Å². The van der Waals surface area contributed by atoms with E-state index in [1.807, 2.05) is 12.1 Å². The molecule has 0 radical (unpaired) electrons. The summed E-state index contributed by atoms with van der Waals surface area (Å²) in [6.45, 7) is 2.06. The van der Waals surface area contributed by atoms with E-state index in [1.165, 1.54) is 10.3 Å². The SMILES string of the molecule is CCc1ccc([N+]2=NC(=O)c3ccccc3C2=O)cc1. The molecule has 0 bridgehead atoms.